The Hall–Kier alpha value is -1.76. The zero-order valence-corrected chi connectivity index (χ0v) is 21.2. The molecule has 2 aliphatic carbocycles. The quantitative estimate of drug-likeness (QED) is 0.554. The number of carbonyl (C=O) groups excluding carboxylic acids is 4. The van der Waals surface area contributed by atoms with E-state index in [4.69, 9.17) is 0 Å². The summed E-state index contributed by atoms with van der Waals surface area (Å²) in [4.78, 5) is 57.6. The lowest BCUT2D eigenvalue weighted by molar-refractivity contribution is -0.162. The van der Waals surface area contributed by atoms with E-state index in [1.807, 2.05) is 0 Å². The van der Waals surface area contributed by atoms with Gasteiger partial charge < -0.3 is 0 Å². The maximum Gasteiger partial charge on any atom is 0.333 e. The Morgan fingerprint density at radius 2 is 1.41 bits per heavy atom. The van der Waals surface area contributed by atoms with Crippen LogP contribution in [0.4, 0.5) is 4.79 Å². The number of likely N-dealkylation sites (tertiary alicyclic amines) is 1. The number of hydrogen-bond donors (Lipinski definition) is 0. The van der Waals surface area contributed by atoms with Gasteiger partial charge in [0.05, 0.1) is 6.54 Å². The first kappa shape index (κ1) is 25.3. The molecule has 7 heteroatoms. The Morgan fingerprint density at radius 1 is 0.824 bits per heavy atom. The minimum absolute atomic E-state index is 0.0361. The third-order valence-electron chi connectivity index (χ3n) is 9.19. The first-order valence-electron chi connectivity index (χ1n) is 13.7. The molecular formula is C27H43N3O4. The Labute approximate surface area is 204 Å². The third kappa shape index (κ3) is 4.95. The zero-order chi connectivity index (χ0) is 24.3. The molecule has 0 aromatic rings. The lowest BCUT2D eigenvalue weighted by atomic mass is 9.72. The number of piperidine rings is 1. The molecular weight excluding hydrogens is 430 g/mol. The van der Waals surface area contributed by atoms with Gasteiger partial charge in [0.2, 0.25) is 11.8 Å². The van der Waals surface area contributed by atoms with E-state index >= 15 is 0 Å². The molecule has 2 unspecified atom stereocenters. The lowest BCUT2D eigenvalue weighted by Gasteiger charge is -2.44. The number of amides is 4. The van der Waals surface area contributed by atoms with Crippen LogP contribution in [0.25, 0.3) is 0 Å². The molecule has 4 rings (SSSR count). The summed E-state index contributed by atoms with van der Waals surface area (Å²) in [7, 11) is 1.45. The molecule has 2 aliphatic heterocycles. The molecule has 2 heterocycles. The maximum atomic E-state index is 13.5. The number of rotatable bonds is 5. The molecule has 2 saturated heterocycles. The standard InChI is InChI=1S/C27H43N3O4/c1-27(21-13-9-10-14-21)24(32)28(2)26(34)30(25(27)33)19-23(31)20-12-11-17-29(18-20)22-15-7-5-3-4-6-8-16-22/h20-22H,3-19H2,1-2H3. The monoisotopic (exact) mass is 473 g/mol. The van der Waals surface area contributed by atoms with Gasteiger partial charge in [-0.1, -0.05) is 51.4 Å². The minimum Gasteiger partial charge on any atom is -0.300 e. The molecule has 0 aromatic carbocycles. The Kier molecular flexibility index (Phi) is 8.11. The van der Waals surface area contributed by atoms with Gasteiger partial charge in [0.1, 0.15) is 5.41 Å². The summed E-state index contributed by atoms with van der Waals surface area (Å²) in [5, 5.41) is 0. The van der Waals surface area contributed by atoms with Crippen LogP contribution in [-0.4, -0.2) is 71.1 Å². The highest BCUT2D eigenvalue weighted by Gasteiger charge is 2.57. The molecule has 4 amide bonds. The summed E-state index contributed by atoms with van der Waals surface area (Å²) >= 11 is 0. The molecule has 190 valence electrons. The zero-order valence-electron chi connectivity index (χ0n) is 21.2. The summed E-state index contributed by atoms with van der Waals surface area (Å²) in [5.74, 6) is -1.13. The van der Waals surface area contributed by atoms with Crippen LogP contribution in [0.15, 0.2) is 0 Å². The van der Waals surface area contributed by atoms with Crippen molar-refractivity contribution in [2.24, 2.45) is 17.3 Å². The van der Waals surface area contributed by atoms with E-state index in [9.17, 15) is 19.2 Å². The van der Waals surface area contributed by atoms with Crippen molar-refractivity contribution in [3.05, 3.63) is 0 Å². The van der Waals surface area contributed by atoms with E-state index in [0.29, 0.717) is 6.04 Å². The van der Waals surface area contributed by atoms with Gasteiger partial charge in [0.25, 0.3) is 0 Å². The second kappa shape index (κ2) is 10.9. The predicted molar refractivity (Wildman–Crippen MR) is 130 cm³/mol. The van der Waals surface area contributed by atoms with Gasteiger partial charge in [-0.25, -0.2) is 4.79 Å². The molecule has 4 fully saturated rings. The number of ketones is 1. The van der Waals surface area contributed by atoms with Crippen molar-refractivity contribution in [2.45, 2.75) is 103 Å². The fraction of sp³-hybridized carbons (Fsp3) is 0.852. The summed E-state index contributed by atoms with van der Waals surface area (Å²) in [5.41, 5.74) is -1.24. The van der Waals surface area contributed by atoms with E-state index < -0.39 is 23.3 Å². The summed E-state index contributed by atoms with van der Waals surface area (Å²) < 4.78 is 0. The molecule has 4 aliphatic rings. The number of nitrogens with zero attached hydrogens (tertiary/aromatic N) is 3. The van der Waals surface area contributed by atoms with Crippen LogP contribution in [0, 0.1) is 17.3 Å². The molecule has 0 aromatic heterocycles. The number of carbonyl (C=O) groups is 4. The molecule has 34 heavy (non-hydrogen) atoms. The Balaban J connectivity index is 1.43. The summed E-state index contributed by atoms with van der Waals surface area (Å²) in [6.07, 6.45) is 15.6. The second-order valence-corrected chi connectivity index (χ2v) is 11.4. The molecule has 0 N–H and O–H groups in total. The van der Waals surface area contributed by atoms with Crippen LogP contribution in [0.3, 0.4) is 0 Å². The van der Waals surface area contributed by atoms with Gasteiger partial charge in [-0.3, -0.25) is 29.1 Å². The van der Waals surface area contributed by atoms with Gasteiger partial charge >= 0.3 is 6.03 Å². The molecule has 0 bridgehead atoms. The lowest BCUT2D eigenvalue weighted by Crippen LogP contribution is -2.66. The highest BCUT2D eigenvalue weighted by atomic mass is 16.2. The van der Waals surface area contributed by atoms with Gasteiger partial charge in [-0.05, 0) is 57.9 Å². The van der Waals surface area contributed by atoms with Crippen molar-refractivity contribution in [3.8, 4) is 0 Å². The third-order valence-corrected chi connectivity index (χ3v) is 9.19. The van der Waals surface area contributed by atoms with E-state index in [1.54, 1.807) is 6.92 Å². The molecule has 7 nitrogen and oxygen atoms in total. The topological polar surface area (TPSA) is 78.0 Å². The fourth-order valence-corrected chi connectivity index (χ4v) is 6.93. The van der Waals surface area contributed by atoms with Crippen molar-refractivity contribution >= 4 is 23.6 Å². The average Bonchev–Trinajstić information content (AvgIpc) is 3.43. The highest BCUT2D eigenvalue weighted by molar-refractivity contribution is 6.19. The average molecular weight is 474 g/mol. The van der Waals surface area contributed by atoms with Crippen molar-refractivity contribution < 1.29 is 19.2 Å². The van der Waals surface area contributed by atoms with Crippen LogP contribution in [0.5, 0.6) is 0 Å². The largest absolute Gasteiger partial charge is 0.333 e. The molecule has 0 spiro atoms. The second-order valence-electron chi connectivity index (χ2n) is 11.4. The molecule has 2 saturated carbocycles. The number of imide groups is 2. The van der Waals surface area contributed by atoms with Crippen molar-refractivity contribution in [1.82, 2.24) is 14.7 Å². The van der Waals surface area contributed by atoms with Crippen molar-refractivity contribution in [2.75, 3.05) is 26.7 Å². The number of Topliss-reactive ketones (excluding diaryl/α,β-unsaturated/α-hetero) is 1. The smallest absolute Gasteiger partial charge is 0.300 e. The maximum absolute atomic E-state index is 13.5. The Morgan fingerprint density at radius 3 is 2.06 bits per heavy atom. The van der Waals surface area contributed by atoms with Crippen LogP contribution in [0.1, 0.15) is 96.8 Å². The van der Waals surface area contributed by atoms with Gasteiger partial charge in [0.15, 0.2) is 5.78 Å². The normalized spacial score (nSPS) is 31.5. The first-order valence-corrected chi connectivity index (χ1v) is 13.7. The minimum atomic E-state index is -1.24. The van der Waals surface area contributed by atoms with Crippen molar-refractivity contribution in [3.63, 3.8) is 0 Å². The summed E-state index contributed by atoms with van der Waals surface area (Å²) in [6.45, 7) is 3.25. The van der Waals surface area contributed by atoms with Crippen LogP contribution in [0.2, 0.25) is 0 Å². The predicted octanol–water partition coefficient (Wildman–Crippen LogP) is 4.39. The Bertz CT molecular complexity index is 783. The van der Waals surface area contributed by atoms with Gasteiger partial charge in [-0.15, -0.1) is 0 Å². The van der Waals surface area contributed by atoms with Gasteiger partial charge in [0, 0.05) is 25.6 Å². The first-order chi connectivity index (χ1) is 16.3. The fourth-order valence-electron chi connectivity index (χ4n) is 6.93. The van der Waals surface area contributed by atoms with E-state index in [2.05, 4.69) is 4.90 Å². The van der Waals surface area contributed by atoms with E-state index in [1.165, 1.54) is 58.4 Å². The number of urea groups is 1. The van der Waals surface area contributed by atoms with Crippen LogP contribution >= 0.6 is 0 Å². The number of barbiturate groups is 1. The van der Waals surface area contributed by atoms with Gasteiger partial charge in [-0.2, -0.15) is 0 Å². The SMILES string of the molecule is CN1C(=O)N(CC(=O)C2CCCN(C3CCCCCCCC3)C2)C(=O)C(C)(C2CCCC2)C1=O. The van der Waals surface area contributed by atoms with E-state index in [-0.39, 0.29) is 24.2 Å². The molecule has 2 atom stereocenters. The van der Waals surface area contributed by atoms with Crippen LogP contribution in [-0.2, 0) is 14.4 Å². The highest BCUT2D eigenvalue weighted by Crippen LogP contribution is 2.44. The van der Waals surface area contributed by atoms with E-state index in [0.717, 1.165) is 61.4 Å². The van der Waals surface area contributed by atoms with Crippen molar-refractivity contribution in [1.29, 1.82) is 0 Å². The summed E-state index contributed by atoms with van der Waals surface area (Å²) in [6, 6.07) is -0.107. The van der Waals surface area contributed by atoms with Crippen LogP contribution < -0.4 is 0 Å². The molecule has 0 radical (unpaired) electrons. The number of hydrogen-bond acceptors (Lipinski definition) is 5.